The van der Waals surface area contributed by atoms with Crippen LogP contribution in [0.1, 0.15) is 65.7 Å². The number of hydrogen-bond acceptors (Lipinski definition) is 15. The Morgan fingerprint density at radius 2 is 0.975 bits per heavy atom. The van der Waals surface area contributed by atoms with Crippen molar-refractivity contribution in [2.45, 2.75) is 76.9 Å². The first kappa shape index (κ1) is 47.1. The molecule has 2 fully saturated rings. The van der Waals surface area contributed by atoms with Crippen LogP contribution in [0.15, 0.2) is 0 Å². The Labute approximate surface area is 318 Å². The number of Topliss-reactive ketones (excluding diaryl/α,β-unsaturated/α-hetero) is 1. The molecular formula is C22H26Ca3O15. The second-order valence-corrected chi connectivity index (χ2v) is 9.75. The number of rotatable bonds is 10. The van der Waals surface area contributed by atoms with Crippen molar-refractivity contribution < 1.29 is 74.4 Å². The maximum atomic E-state index is 11.6. The van der Waals surface area contributed by atoms with Crippen LogP contribution >= 0.6 is 0 Å². The summed E-state index contributed by atoms with van der Waals surface area (Å²) in [7, 11) is 0. The molecule has 0 aromatic rings. The van der Waals surface area contributed by atoms with Gasteiger partial charge in [0, 0.05) is 61.4 Å². The smallest absolute Gasteiger partial charge is 0.550 e. The fourth-order valence-corrected chi connectivity index (χ4v) is 4.27. The molecule has 15 nitrogen and oxygen atoms in total. The third kappa shape index (κ3) is 13.2. The summed E-state index contributed by atoms with van der Waals surface area (Å²) in [6.07, 6.45) is -2.18. The van der Waals surface area contributed by atoms with Crippen LogP contribution in [0, 0.1) is 16.7 Å². The molecule has 0 spiro atoms. The number of carboxylic acids is 6. The van der Waals surface area contributed by atoms with E-state index >= 15 is 0 Å². The molecule has 0 saturated heterocycles. The molecule has 0 amide bonds. The standard InChI is InChI=1S/C10H16O.2C6H8O7.3Ca/c1-9(2)7-4-5-10(9,3)8(11)6-7;2*7-3(8)1-6(13,5(11)12)2-4(9)10;;;/h7H,4-6H2,1-3H3;2*13H,1-2H2,(H,7,8)(H,9,10)(H,11,12);;;/q;;;3*+2/p-6. The molecule has 210 valence electrons. The molecule has 2 saturated carbocycles. The molecule has 0 radical (unpaired) electrons. The van der Waals surface area contributed by atoms with E-state index in [0.29, 0.717) is 11.7 Å². The SMILES string of the molecule is CC12CCC(CC1=O)C2(C)C.O=C([O-])CC(O)(CC(=O)[O-])C(=O)[O-].O=C([O-])CC(O)(CC(=O)[O-])C(=O)[O-].[Ca+2].[Ca+2].[Ca+2]. The van der Waals surface area contributed by atoms with E-state index < -0.39 is 72.7 Å². The van der Waals surface area contributed by atoms with E-state index in [2.05, 4.69) is 20.8 Å². The van der Waals surface area contributed by atoms with Crippen molar-refractivity contribution in [1.82, 2.24) is 0 Å². The summed E-state index contributed by atoms with van der Waals surface area (Å²) >= 11 is 0. The molecule has 0 heterocycles. The fourth-order valence-electron chi connectivity index (χ4n) is 4.27. The van der Waals surface area contributed by atoms with E-state index in [-0.39, 0.29) is 124 Å². The zero-order chi connectivity index (χ0) is 29.6. The number of carbonyl (C=O) groups is 7. The molecule has 2 aliphatic rings. The van der Waals surface area contributed by atoms with Crippen LogP contribution < -0.4 is 30.6 Å². The van der Waals surface area contributed by atoms with Gasteiger partial charge in [0.1, 0.15) is 17.0 Å². The molecule has 2 rings (SSSR count). The van der Waals surface area contributed by atoms with Crippen LogP contribution in [0.3, 0.4) is 0 Å². The quantitative estimate of drug-likeness (QED) is 0.207. The summed E-state index contributed by atoms with van der Waals surface area (Å²) in [4.78, 5) is 71.6. The largest absolute Gasteiger partial charge is 2.00 e. The third-order valence-corrected chi connectivity index (χ3v) is 6.99. The second-order valence-electron chi connectivity index (χ2n) is 9.75. The second kappa shape index (κ2) is 18.8. The molecule has 2 atom stereocenters. The van der Waals surface area contributed by atoms with E-state index in [4.69, 9.17) is 10.2 Å². The van der Waals surface area contributed by atoms with E-state index in [1.807, 2.05) is 0 Å². The fraction of sp³-hybridized carbons (Fsp3) is 0.682. The van der Waals surface area contributed by atoms with Crippen LogP contribution in [0.25, 0.3) is 0 Å². The molecule has 0 aromatic carbocycles. The minimum Gasteiger partial charge on any atom is -0.550 e. The number of aliphatic hydroxyl groups is 2. The van der Waals surface area contributed by atoms with Gasteiger partial charge in [-0.3, -0.25) is 4.79 Å². The predicted octanol–water partition coefficient (Wildman–Crippen LogP) is -9.25. The Hall–Kier alpha value is 0.189. The summed E-state index contributed by atoms with van der Waals surface area (Å²) in [6, 6.07) is 0. The average molecular weight is 651 g/mol. The number of carboxylic acid groups (broad SMARTS) is 6. The van der Waals surface area contributed by atoms with Gasteiger partial charge in [0.2, 0.25) is 0 Å². The van der Waals surface area contributed by atoms with Gasteiger partial charge in [-0.1, -0.05) is 20.8 Å². The number of hydrogen-bond donors (Lipinski definition) is 2. The Bertz CT molecular complexity index is 881. The molecule has 2 bridgehead atoms. The first-order valence-corrected chi connectivity index (χ1v) is 10.7. The zero-order valence-corrected chi connectivity index (χ0v) is 29.0. The summed E-state index contributed by atoms with van der Waals surface area (Å²) < 4.78 is 0. The predicted molar refractivity (Wildman–Crippen MR) is 120 cm³/mol. The van der Waals surface area contributed by atoms with Crippen molar-refractivity contribution in [2.24, 2.45) is 16.7 Å². The monoisotopic (exact) mass is 650 g/mol. The number of aliphatic carboxylic acids is 6. The van der Waals surface area contributed by atoms with E-state index in [1.54, 1.807) is 0 Å². The van der Waals surface area contributed by atoms with Crippen molar-refractivity contribution in [3.05, 3.63) is 0 Å². The van der Waals surface area contributed by atoms with Gasteiger partial charge in [-0.2, -0.15) is 0 Å². The van der Waals surface area contributed by atoms with Crippen LogP contribution in [-0.4, -0.2) is 176 Å². The van der Waals surface area contributed by atoms with Gasteiger partial charge >= 0.3 is 113 Å². The van der Waals surface area contributed by atoms with Gasteiger partial charge in [-0.05, 0) is 24.2 Å². The third-order valence-electron chi connectivity index (χ3n) is 6.99. The van der Waals surface area contributed by atoms with Gasteiger partial charge in [0.05, 0.1) is 11.9 Å². The van der Waals surface area contributed by atoms with Crippen LogP contribution in [0.5, 0.6) is 0 Å². The van der Waals surface area contributed by atoms with Crippen LogP contribution in [0.4, 0.5) is 0 Å². The van der Waals surface area contributed by atoms with E-state index in [1.165, 1.54) is 6.42 Å². The first-order chi connectivity index (χ1) is 16.5. The molecule has 40 heavy (non-hydrogen) atoms. The number of fused-ring (bicyclic) bond motifs is 2. The maximum absolute atomic E-state index is 11.6. The molecule has 0 aromatic heterocycles. The van der Waals surface area contributed by atoms with Crippen molar-refractivity contribution in [2.75, 3.05) is 0 Å². The Morgan fingerprint density at radius 3 is 1.07 bits per heavy atom. The van der Waals surface area contributed by atoms with Gasteiger partial charge < -0.3 is 69.6 Å². The molecular weight excluding hydrogens is 624 g/mol. The Kier molecular flexibility index (Phi) is 22.1. The Morgan fingerprint density at radius 1 is 0.700 bits per heavy atom. The molecule has 0 aliphatic heterocycles. The van der Waals surface area contributed by atoms with Crippen LogP contribution in [-0.2, 0) is 33.6 Å². The van der Waals surface area contributed by atoms with Gasteiger partial charge in [-0.15, -0.1) is 0 Å². The normalized spacial score (nSPS) is 19.9. The molecule has 2 aliphatic carbocycles. The molecule has 2 N–H and O–H groups in total. The topological polar surface area (TPSA) is 298 Å². The van der Waals surface area contributed by atoms with Crippen molar-refractivity contribution in [3.8, 4) is 0 Å². The first-order valence-electron chi connectivity index (χ1n) is 10.7. The number of carbonyl (C=O) groups excluding carboxylic acids is 7. The summed E-state index contributed by atoms with van der Waals surface area (Å²) in [5.74, 6) is -10.8. The minimum absolute atomic E-state index is 0. The van der Waals surface area contributed by atoms with Crippen molar-refractivity contribution >= 4 is 155 Å². The molecule has 18 heteroatoms. The van der Waals surface area contributed by atoms with Crippen molar-refractivity contribution in [1.29, 1.82) is 0 Å². The zero-order valence-electron chi connectivity index (χ0n) is 22.4. The van der Waals surface area contributed by atoms with Crippen LogP contribution in [0.2, 0.25) is 0 Å². The Balaban J connectivity index is -0.000000234. The minimum atomic E-state index is -2.97. The summed E-state index contributed by atoms with van der Waals surface area (Å²) in [5.41, 5.74) is -5.64. The van der Waals surface area contributed by atoms with Gasteiger partial charge in [0.25, 0.3) is 0 Å². The molecule has 2 unspecified atom stereocenters. The summed E-state index contributed by atoms with van der Waals surface area (Å²) in [6.45, 7) is 6.67. The maximum Gasteiger partial charge on any atom is 2.00 e. The average Bonchev–Trinajstić information content (AvgIpc) is 2.99. The summed E-state index contributed by atoms with van der Waals surface area (Å²) in [5, 5.41) is 77.9. The van der Waals surface area contributed by atoms with Gasteiger partial charge in [0.15, 0.2) is 0 Å². The van der Waals surface area contributed by atoms with E-state index in [0.717, 1.165) is 12.8 Å². The van der Waals surface area contributed by atoms with Gasteiger partial charge in [-0.25, -0.2) is 0 Å². The number of ketones is 1. The van der Waals surface area contributed by atoms with E-state index in [9.17, 15) is 64.2 Å². The van der Waals surface area contributed by atoms with Crippen molar-refractivity contribution in [3.63, 3.8) is 0 Å².